The molecule has 2 unspecified atom stereocenters. The summed E-state index contributed by atoms with van der Waals surface area (Å²) in [7, 11) is 0. The number of carboxylic acid groups (broad SMARTS) is 1. The molecule has 1 heterocycles. The van der Waals surface area contributed by atoms with E-state index in [0.29, 0.717) is 13.1 Å². The fourth-order valence-corrected chi connectivity index (χ4v) is 3.20. The van der Waals surface area contributed by atoms with E-state index in [0.717, 1.165) is 25.7 Å². The molecule has 21 heavy (non-hydrogen) atoms. The minimum Gasteiger partial charge on any atom is -0.480 e. The van der Waals surface area contributed by atoms with E-state index in [4.69, 9.17) is 9.84 Å². The van der Waals surface area contributed by atoms with Crippen LogP contribution in [0.3, 0.4) is 0 Å². The van der Waals surface area contributed by atoms with Gasteiger partial charge in [0.05, 0.1) is 25.4 Å². The first-order valence-corrected chi connectivity index (χ1v) is 7.55. The predicted molar refractivity (Wildman–Crippen MR) is 75.0 cm³/mol. The molecule has 2 atom stereocenters. The topological polar surface area (TPSA) is 90.3 Å². The molecule has 1 saturated carbocycles. The summed E-state index contributed by atoms with van der Waals surface area (Å²) in [5.41, 5.74) is 0. The molecule has 0 aromatic carbocycles. The third-order valence-corrected chi connectivity index (χ3v) is 4.12. The molecule has 7 nitrogen and oxygen atoms in total. The van der Waals surface area contributed by atoms with Crippen LogP contribution in [0.25, 0.3) is 0 Å². The largest absolute Gasteiger partial charge is 0.480 e. The molecule has 2 N–H and O–H groups in total. The van der Waals surface area contributed by atoms with Crippen molar-refractivity contribution < 1.29 is 24.5 Å². The number of urea groups is 1. The van der Waals surface area contributed by atoms with Crippen molar-refractivity contribution in [1.29, 1.82) is 0 Å². The molecule has 0 aromatic rings. The average molecular weight is 300 g/mol. The number of nitrogens with zero attached hydrogens (tertiary/aromatic N) is 2. The molecule has 1 saturated heterocycles. The lowest BCUT2D eigenvalue weighted by Gasteiger charge is -2.40. The first kappa shape index (κ1) is 16.0. The highest BCUT2D eigenvalue weighted by atomic mass is 16.5. The number of carbonyl (C=O) groups is 2. The number of morpholine rings is 1. The van der Waals surface area contributed by atoms with Crippen molar-refractivity contribution in [3.05, 3.63) is 0 Å². The Labute approximate surface area is 124 Å². The molecule has 120 valence electrons. The smallest absolute Gasteiger partial charge is 0.323 e. The number of aliphatic hydroxyl groups excluding tert-OH is 1. The van der Waals surface area contributed by atoms with Crippen molar-refractivity contribution >= 4 is 12.0 Å². The van der Waals surface area contributed by atoms with Crippen molar-refractivity contribution in [1.82, 2.24) is 9.80 Å². The van der Waals surface area contributed by atoms with Crippen molar-refractivity contribution in [2.75, 3.05) is 26.2 Å². The number of amides is 2. The number of aliphatic hydroxyl groups is 1. The lowest BCUT2D eigenvalue weighted by Crippen LogP contribution is -2.56. The summed E-state index contributed by atoms with van der Waals surface area (Å²) in [4.78, 5) is 26.8. The zero-order chi connectivity index (χ0) is 15.4. The van der Waals surface area contributed by atoms with Crippen LogP contribution in [0.5, 0.6) is 0 Å². The number of carbonyl (C=O) groups excluding carboxylic acids is 1. The van der Waals surface area contributed by atoms with Gasteiger partial charge in [-0.3, -0.25) is 4.79 Å². The van der Waals surface area contributed by atoms with Gasteiger partial charge in [-0.05, 0) is 19.8 Å². The Morgan fingerprint density at radius 3 is 2.52 bits per heavy atom. The Balaban J connectivity index is 2.07. The summed E-state index contributed by atoms with van der Waals surface area (Å²) >= 11 is 0. The van der Waals surface area contributed by atoms with Crippen LogP contribution >= 0.6 is 0 Å². The molecule has 0 aromatic heterocycles. The zero-order valence-corrected chi connectivity index (χ0v) is 12.4. The highest BCUT2D eigenvalue weighted by Gasteiger charge is 2.35. The van der Waals surface area contributed by atoms with Crippen LogP contribution in [-0.2, 0) is 9.53 Å². The number of rotatable bonds is 4. The van der Waals surface area contributed by atoms with E-state index in [9.17, 15) is 14.7 Å². The van der Waals surface area contributed by atoms with Crippen LogP contribution in [0.15, 0.2) is 0 Å². The van der Waals surface area contributed by atoms with Gasteiger partial charge in [0.15, 0.2) is 0 Å². The van der Waals surface area contributed by atoms with Gasteiger partial charge in [0, 0.05) is 12.6 Å². The van der Waals surface area contributed by atoms with Gasteiger partial charge in [0.1, 0.15) is 6.54 Å². The molecule has 2 rings (SSSR count). The minimum atomic E-state index is -0.990. The van der Waals surface area contributed by atoms with Crippen molar-refractivity contribution in [2.24, 2.45) is 0 Å². The second-order valence-corrected chi connectivity index (χ2v) is 5.90. The molecule has 0 bridgehead atoms. The first-order chi connectivity index (χ1) is 10.0. The quantitative estimate of drug-likeness (QED) is 0.790. The second kappa shape index (κ2) is 7.09. The fraction of sp³-hybridized carbons (Fsp3) is 0.857. The van der Waals surface area contributed by atoms with Crippen LogP contribution in [0.2, 0.25) is 0 Å². The second-order valence-electron chi connectivity index (χ2n) is 5.90. The van der Waals surface area contributed by atoms with Crippen LogP contribution in [-0.4, -0.2) is 76.5 Å². The summed E-state index contributed by atoms with van der Waals surface area (Å²) in [6.07, 6.45) is 3.24. The fourth-order valence-electron chi connectivity index (χ4n) is 3.20. The molecule has 2 aliphatic rings. The van der Waals surface area contributed by atoms with Gasteiger partial charge in [-0.15, -0.1) is 0 Å². The van der Waals surface area contributed by atoms with Crippen LogP contribution in [0.4, 0.5) is 4.79 Å². The van der Waals surface area contributed by atoms with Crippen LogP contribution < -0.4 is 0 Å². The SMILES string of the molecule is CC1CN(C(=O)N(CC(=O)O)C2CCCC2)CC(CO)O1. The third-order valence-electron chi connectivity index (χ3n) is 4.12. The molecule has 1 aliphatic heterocycles. The van der Waals surface area contributed by atoms with Gasteiger partial charge in [-0.25, -0.2) is 4.79 Å². The van der Waals surface area contributed by atoms with Gasteiger partial charge < -0.3 is 24.7 Å². The van der Waals surface area contributed by atoms with Gasteiger partial charge in [-0.2, -0.15) is 0 Å². The molecule has 0 spiro atoms. The van der Waals surface area contributed by atoms with E-state index in [1.54, 1.807) is 4.90 Å². The van der Waals surface area contributed by atoms with Crippen LogP contribution in [0.1, 0.15) is 32.6 Å². The molecule has 1 aliphatic carbocycles. The number of ether oxygens (including phenoxy) is 1. The Morgan fingerprint density at radius 2 is 1.95 bits per heavy atom. The van der Waals surface area contributed by atoms with Gasteiger partial charge in [0.2, 0.25) is 0 Å². The summed E-state index contributed by atoms with van der Waals surface area (Å²) in [5.74, 6) is -0.990. The number of hydrogen-bond donors (Lipinski definition) is 2. The van der Waals surface area contributed by atoms with Crippen molar-refractivity contribution in [2.45, 2.75) is 50.9 Å². The average Bonchev–Trinajstić information content (AvgIpc) is 2.97. The Kier molecular flexibility index (Phi) is 5.41. The maximum atomic E-state index is 12.7. The van der Waals surface area contributed by atoms with E-state index in [2.05, 4.69) is 0 Å². The highest BCUT2D eigenvalue weighted by Crippen LogP contribution is 2.25. The highest BCUT2D eigenvalue weighted by molar-refractivity contribution is 5.80. The van der Waals surface area contributed by atoms with E-state index >= 15 is 0 Å². The Morgan fingerprint density at radius 1 is 1.29 bits per heavy atom. The molecule has 2 fully saturated rings. The number of hydrogen-bond acceptors (Lipinski definition) is 4. The Hall–Kier alpha value is -1.34. The predicted octanol–water partition coefficient (Wildman–Crippen LogP) is 0.517. The van der Waals surface area contributed by atoms with Crippen LogP contribution in [0, 0.1) is 0 Å². The standard InChI is InChI=1S/C14H24N2O5/c1-10-6-15(7-12(9-17)21-10)14(20)16(8-13(18)19)11-4-2-3-5-11/h10-12,17H,2-9H2,1H3,(H,18,19). The zero-order valence-electron chi connectivity index (χ0n) is 12.4. The monoisotopic (exact) mass is 300 g/mol. The van der Waals surface area contributed by atoms with E-state index < -0.39 is 12.1 Å². The van der Waals surface area contributed by atoms with Gasteiger partial charge >= 0.3 is 12.0 Å². The maximum Gasteiger partial charge on any atom is 0.323 e. The van der Waals surface area contributed by atoms with Crippen molar-refractivity contribution in [3.8, 4) is 0 Å². The summed E-state index contributed by atoms with van der Waals surface area (Å²) < 4.78 is 5.52. The third kappa shape index (κ3) is 4.07. The van der Waals surface area contributed by atoms with E-state index in [1.807, 2.05) is 6.92 Å². The summed E-state index contributed by atoms with van der Waals surface area (Å²) in [6, 6.07) is -0.239. The first-order valence-electron chi connectivity index (χ1n) is 7.55. The van der Waals surface area contributed by atoms with Crippen molar-refractivity contribution in [3.63, 3.8) is 0 Å². The molecular weight excluding hydrogens is 276 g/mol. The lowest BCUT2D eigenvalue weighted by atomic mass is 10.2. The lowest BCUT2D eigenvalue weighted by molar-refractivity contribution is -0.138. The Bertz CT molecular complexity index is 384. The minimum absolute atomic E-state index is 0.0133. The normalized spacial score (nSPS) is 26.9. The summed E-state index contributed by atoms with van der Waals surface area (Å²) in [5, 5.41) is 18.3. The molecule has 2 amide bonds. The summed E-state index contributed by atoms with van der Waals surface area (Å²) in [6.45, 7) is 2.18. The number of carboxylic acids is 1. The number of aliphatic carboxylic acids is 1. The van der Waals surface area contributed by atoms with E-state index in [-0.39, 0.29) is 31.3 Å². The maximum absolute atomic E-state index is 12.7. The van der Waals surface area contributed by atoms with Gasteiger partial charge in [0.25, 0.3) is 0 Å². The molecular formula is C14H24N2O5. The van der Waals surface area contributed by atoms with E-state index in [1.165, 1.54) is 4.90 Å². The molecule has 7 heteroatoms. The van der Waals surface area contributed by atoms with Gasteiger partial charge in [-0.1, -0.05) is 12.8 Å². The molecule has 0 radical (unpaired) electrons.